The van der Waals surface area contributed by atoms with Crippen LogP contribution in [0.25, 0.3) is 0 Å². The van der Waals surface area contributed by atoms with Gasteiger partial charge in [-0.2, -0.15) is 22.0 Å². The Kier molecular flexibility index (Phi) is 5.22. The summed E-state index contributed by atoms with van der Waals surface area (Å²) in [6.45, 7) is -3.08. The molecule has 10 heteroatoms. The van der Waals surface area contributed by atoms with E-state index in [1.54, 1.807) is 0 Å². The molecule has 2 unspecified atom stereocenters. The third-order valence-electron chi connectivity index (χ3n) is 3.47. The quantitative estimate of drug-likeness (QED) is 0.811. The van der Waals surface area contributed by atoms with Crippen molar-refractivity contribution in [2.45, 2.75) is 38.2 Å². The number of hydrogen-bond acceptors (Lipinski definition) is 3. The van der Waals surface area contributed by atoms with Crippen molar-refractivity contribution >= 4 is 6.03 Å². The molecular weight excluding hydrogens is 325 g/mol. The van der Waals surface area contributed by atoms with Gasteiger partial charge in [0.15, 0.2) is 0 Å². The Morgan fingerprint density at radius 1 is 1.39 bits per heavy atom. The van der Waals surface area contributed by atoms with Gasteiger partial charge in [-0.3, -0.25) is 0 Å². The lowest BCUT2D eigenvalue weighted by Gasteiger charge is -2.38. The number of ether oxygens (including phenoxy) is 1. The van der Waals surface area contributed by atoms with Crippen molar-refractivity contribution in [1.82, 2.24) is 15.6 Å². The van der Waals surface area contributed by atoms with Gasteiger partial charge in [-0.15, -0.1) is 0 Å². The maximum absolute atomic E-state index is 12.5. The zero-order valence-electron chi connectivity index (χ0n) is 11.7. The number of urea groups is 1. The lowest BCUT2D eigenvalue weighted by molar-refractivity contribution is -0.201. The van der Waals surface area contributed by atoms with E-state index in [1.165, 1.54) is 18.3 Å². The summed E-state index contributed by atoms with van der Waals surface area (Å²) in [6, 6.07) is 0.969. The lowest BCUT2D eigenvalue weighted by atomic mass is 9.79. The number of carbonyl (C=O) groups is 1. The second-order valence-electron chi connectivity index (χ2n) is 5.04. The molecule has 1 saturated carbocycles. The number of carbonyl (C=O) groups excluding carboxylic acids is 1. The summed E-state index contributed by atoms with van der Waals surface area (Å²) in [5.74, 6) is -1.84. The first-order valence-corrected chi connectivity index (χ1v) is 6.76. The molecule has 0 bridgehead atoms. The summed E-state index contributed by atoms with van der Waals surface area (Å²) >= 11 is 0. The summed E-state index contributed by atoms with van der Waals surface area (Å²) in [5, 5.41) is 4.62. The van der Waals surface area contributed by atoms with Crippen LogP contribution >= 0.6 is 0 Å². The highest BCUT2D eigenvalue weighted by Crippen LogP contribution is 2.40. The van der Waals surface area contributed by atoms with Gasteiger partial charge in [0.05, 0.1) is 5.92 Å². The van der Waals surface area contributed by atoms with Gasteiger partial charge in [-0.1, -0.05) is 0 Å². The molecule has 2 atom stereocenters. The van der Waals surface area contributed by atoms with Crippen molar-refractivity contribution in [3.8, 4) is 5.88 Å². The second-order valence-corrected chi connectivity index (χ2v) is 5.04. The Hall–Kier alpha value is -2.13. The number of nitrogens with one attached hydrogen (secondary N) is 2. The summed E-state index contributed by atoms with van der Waals surface area (Å²) < 4.78 is 65.9. The van der Waals surface area contributed by atoms with E-state index in [1.807, 2.05) is 0 Å². The van der Waals surface area contributed by atoms with Gasteiger partial charge in [-0.05, 0) is 24.5 Å². The van der Waals surface area contributed by atoms with Gasteiger partial charge in [-0.25, -0.2) is 9.78 Å². The molecule has 2 amide bonds. The van der Waals surface area contributed by atoms with Gasteiger partial charge in [0.2, 0.25) is 5.88 Å². The Balaban J connectivity index is 1.81. The number of rotatable bonds is 5. The largest absolute Gasteiger partial charge is 0.417 e. The molecule has 0 radical (unpaired) electrons. The smallest absolute Gasteiger partial charge is 0.393 e. The summed E-state index contributed by atoms with van der Waals surface area (Å²) in [4.78, 5) is 15.2. The van der Waals surface area contributed by atoms with Gasteiger partial charge in [0.1, 0.15) is 0 Å². The first kappa shape index (κ1) is 17.2. The molecule has 0 aromatic carbocycles. The fraction of sp³-hybridized carbons (Fsp3) is 0.538. The summed E-state index contributed by atoms with van der Waals surface area (Å²) in [7, 11) is 0. The van der Waals surface area contributed by atoms with Crippen LogP contribution in [0.5, 0.6) is 5.88 Å². The molecule has 1 heterocycles. The van der Waals surface area contributed by atoms with Crippen LogP contribution in [0.15, 0.2) is 18.3 Å². The fourth-order valence-electron chi connectivity index (χ4n) is 2.18. The predicted octanol–water partition coefficient (Wildman–Crippen LogP) is 2.82. The SMILES string of the molecule is O=C(NCc1ccnc(OC(F)F)c1)NC1CCC1C(F)(F)F. The van der Waals surface area contributed by atoms with Gasteiger partial charge in [0.25, 0.3) is 0 Å². The van der Waals surface area contributed by atoms with Crippen LogP contribution in [-0.2, 0) is 6.54 Å². The number of amides is 2. The number of alkyl halides is 5. The van der Waals surface area contributed by atoms with E-state index in [0.29, 0.717) is 5.56 Å². The summed E-state index contributed by atoms with van der Waals surface area (Å²) in [5.41, 5.74) is 0.423. The van der Waals surface area contributed by atoms with Gasteiger partial charge >= 0.3 is 18.8 Å². The number of nitrogens with zero attached hydrogens (tertiary/aromatic N) is 1. The summed E-state index contributed by atoms with van der Waals surface area (Å²) in [6.07, 6.45) is -2.85. The van der Waals surface area contributed by atoms with Crippen LogP contribution < -0.4 is 15.4 Å². The average molecular weight is 339 g/mol. The van der Waals surface area contributed by atoms with Crippen molar-refractivity contribution < 1.29 is 31.5 Å². The van der Waals surface area contributed by atoms with E-state index < -0.39 is 30.8 Å². The molecule has 0 saturated heterocycles. The number of hydrogen-bond donors (Lipinski definition) is 2. The average Bonchev–Trinajstić information content (AvgIpc) is 2.39. The molecule has 128 valence electrons. The van der Waals surface area contributed by atoms with Crippen molar-refractivity contribution in [3.63, 3.8) is 0 Å². The number of aromatic nitrogens is 1. The van der Waals surface area contributed by atoms with Crippen molar-refractivity contribution in [2.75, 3.05) is 0 Å². The number of halogens is 5. The molecule has 1 fully saturated rings. The van der Waals surface area contributed by atoms with Gasteiger partial charge < -0.3 is 15.4 Å². The van der Waals surface area contributed by atoms with Crippen LogP contribution in [0.4, 0.5) is 26.7 Å². The normalized spacial score (nSPS) is 20.8. The minimum Gasteiger partial charge on any atom is -0.417 e. The Bertz CT molecular complexity index is 553. The second kappa shape index (κ2) is 6.97. The molecule has 1 aliphatic carbocycles. The van der Waals surface area contributed by atoms with E-state index in [0.717, 1.165) is 0 Å². The lowest BCUT2D eigenvalue weighted by Crippen LogP contribution is -2.54. The molecular formula is C13H14F5N3O2. The molecule has 0 spiro atoms. The molecule has 1 aliphatic rings. The third-order valence-corrected chi connectivity index (χ3v) is 3.47. The molecule has 2 N–H and O–H groups in total. The predicted molar refractivity (Wildman–Crippen MR) is 68.8 cm³/mol. The van der Waals surface area contributed by atoms with Crippen LogP contribution in [0.2, 0.25) is 0 Å². The van der Waals surface area contributed by atoms with E-state index in [9.17, 15) is 26.7 Å². The Morgan fingerprint density at radius 2 is 2.13 bits per heavy atom. The zero-order valence-corrected chi connectivity index (χ0v) is 11.7. The third kappa shape index (κ3) is 4.93. The van der Waals surface area contributed by atoms with E-state index in [2.05, 4.69) is 20.4 Å². The monoisotopic (exact) mass is 339 g/mol. The maximum Gasteiger partial charge on any atom is 0.393 e. The van der Waals surface area contributed by atoms with Crippen molar-refractivity contribution in [2.24, 2.45) is 5.92 Å². The minimum absolute atomic E-state index is 0.00682. The molecule has 2 rings (SSSR count). The first-order valence-electron chi connectivity index (χ1n) is 6.76. The van der Waals surface area contributed by atoms with Crippen LogP contribution in [0.1, 0.15) is 18.4 Å². The van der Waals surface area contributed by atoms with Crippen LogP contribution in [0.3, 0.4) is 0 Å². The molecule has 23 heavy (non-hydrogen) atoms. The molecule has 5 nitrogen and oxygen atoms in total. The van der Waals surface area contributed by atoms with Crippen LogP contribution in [-0.4, -0.2) is 29.8 Å². The number of pyridine rings is 1. The van der Waals surface area contributed by atoms with E-state index >= 15 is 0 Å². The highest BCUT2D eigenvalue weighted by molar-refractivity contribution is 5.74. The van der Waals surface area contributed by atoms with E-state index in [4.69, 9.17) is 0 Å². The van der Waals surface area contributed by atoms with E-state index in [-0.39, 0.29) is 25.3 Å². The topological polar surface area (TPSA) is 63.2 Å². The first-order chi connectivity index (χ1) is 10.8. The minimum atomic E-state index is -4.33. The van der Waals surface area contributed by atoms with Gasteiger partial charge in [0, 0.05) is 24.8 Å². The maximum atomic E-state index is 12.5. The highest BCUT2D eigenvalue weighted by atomic mass is 19.4. The molecule has 1 aromatic heterocycles. The Labute approximate surface area is 128 Å². The standard InChI is InChI=1S/C13H14F5N3O2/c14-11(15)23-10-5-7(3-4-19-10)6-20-12(22)21-9-2-1-8(9)13(16,17)18/h3-5,8-9,11H,1-2,6H2,(H2,20,21,22). The Morgan fingerprint density at radius 3 is 2.70 bits per heavy atom. The highest BCUT2D eigenvalue weighted by Gasteiger charge is 2.50. The fourth-order valence-corrected chi connectivity index (χ4v) is 2.18. The zero-order chi connectivity index (χ0) is 17.0. The van der Waals surface area contributed by atoms with Crippen molar-refractivity contribution in [3.05, 3.63) is 23.9 Å². The molecule has 0 aliphatic heterocycles. The van der Waals surface area contributed by atoms with Crippen LogP contribution in [0, 0.1) is 5.92 Å². The molecule has 1 aromatic rings. The van der Waals surface area contributed by atoms with Crippen molar-refractivity contribution in [1.29, 1.82) is 0 Å².